The number of benzene rings is 1. The number of carbonyl (C=O) groups excluding carboxylic acids is 1. The van der Waals surface area contributed by atoms with E-state index in [-0.39, 0.29) is 29.5 Å². The minimum absolute atomic E-state index is 0.0296. The molecule has 1 aromatic rings. The van der Waals surface area contributed by atoms with E-state index in [0.29, 0.717) is 0 Å². The predicted molar refractivity (Wildman–Crippen MR) is 87.3 cm³/mol. The van der Waals surface area contributed by atoms with Gasteiger partial charge in [0.25, 0.3) is 5.91 Å². The summed E-state index contributed by atoms with van der Waals surface area (Å²) in [6, 6.07) is 3.92. The van der Waals surface area contributed by atoms with Crippen molar-refractivity contribution in [3.05, 3.63) is 29.8 Å². The van der Waals surface area contributed by atoms with E-state index in [1.165, 1.54) is 31.4 Å². The normalized spacial score (nSPS) is 12.8. The monoisotopic (exact) mass is 358 g/mol. The van der Waals surface area contributed by atoms with Crippen molar-refractivity contribution in [1.82, 2.24) is 10.0 Å². The molecule has 1 atom stereocenters. The zero-order chi connectivity index (χ0) is 18.3. The molecule has 0 aliphatic rings. The van der Waals surface area contributed by atoms with Crippen LogP contribution in [0.15, 0.2) is 29.2 Å². The van der Waals surface area contributed by atoms with Crippen LogP contribution in [-0.2, 0) is 19.6 Å². The van der Waals surface area contributed by atoms with Gasteiger partial charge in [0.05, 0.1) is 4.90 Å². The summed E-state index contributed by atoms with van der Waals surface area (Å²) in [5.41, 5.74) is 0.169. The number of rotatable bonds is 9. The van der Waals surface area contributed by atoms with Crippen molar-refractivity contribution in [1.29, 1.82) is 0 Å². The number of hydrogen-bond donors (Lipinski definition) is 3. The molecule has 1 unspecified atom stereocenters. The minimum atomic E-state index is -3.64. The lowest BCUT2D eigenvalue weighted by molar-refractivity contribution is -0.139. The second kappa shape index (κ2) is 8.76. The van der Waals surface area contributed by atoms with Gasteiger partial charge in [-0.1, -0.05) is 0 Å². The fourth-order valence-electron chi connectivity index (χ4n) is 1.90. The number of carboxylic acids is 1. The van der Waals surface area contributed by atoms with E-state index in [1.54, 1.807) is 13.8 Å². The van der Waals surface area contributed by atoms with Crippen LogP contribution in [0.5, 0.6) is 0 Å². The van der Waals surface area contributed by atoms with Crippen LogP contribution in [0.1, 0.15) is 30.6 Å². The molecule has 134 valence electrons. The lowest BCUT2D eigenvalue weighted by Gasteiger charge is -2.14. The van der Waals surface area contributed by atoms with Crippen molar-refractivity contribution in [3.63, 3.8) is 0 Å². The Labute approximate surface area is 141 Å². The number of nitrogens with one attached hydrogen (secondary N) is 2. The highest BCUT2D eigenvalue weighted by molar-refractivity contribution is 7.89. The highest BCUT2D eigenvalue weighted by Crippen LogP contribution is 2.11. The number of aliphatic carboxylic acids is 1. The molecule has 0 spiro atoms. The number of ether oxygens (including phenoxy) is 1. The van der Waals surface area contributed by atoms with E-state index in [0.717, 1.165) is 0 Å². The van der Waals surface area contributed by atoms with Crippen LogP contribution in [0.3, 0.4) is 0 Å². The van der Waals surface area contributed by atoms with Gasteiger partial charge in [-0.15, -0.1) is 0 Å². The summed E-state index contributed by atoms with van der Waals surface area (Å²) in [4.78, 5) is 23.2. The Morgan fingerprint density at radius 2 is 1.79 bits per heavy atom. The Kier molecular flexibility index (Phi) is 7.33. The van der Waals surface area contributed by atoms with E-state index in [2.05, 4.69) is 10.0 Å². The third-order valence-corrected chi connectivity index (χ3v) is 4.71. The van der Waals surface area contributed by atoms with Crippen molar-refractivity contribution in [2.75, 3.05) is 13.7 Å². The van der Waals surface area contributed by atoms with Crippen molar-refractivity contribution in [2.45, 2.75) is 37.2 Å². The smallest absolute Gasteiger partial charge is 0.326 e. The van der Waals surface area contributed by atoms with Crippen LogP contribution >= 0.6 is 0 Å². The third-order valence-electron chi connectivity index (χ3n) is 3.03. The van der Waals surface area contributed by atoms with Crippen molar-refractivity contribution in [3.8, 4) is 0 Å². The second-order valence-corrected chi connectivity index (χ2v) is 7.16. The SMILES string of the molecule is COCCC(NC(=O)c1ccc(S(=O)(=O)NC(C)C)cc1)C(=O)O. The summed E-state index contributed by atoms with van der Waals surface area (Å²) >= 11 is 0. The van der Waals surface area contributed by atoms with E-state index in [1.807, 2.05) is 0 Å². The quantitative estimate of drug-likeness (QED) is 0.594. The van der Waals surface area contributed by atoms with E-state index in [4.69, 9.17) is 9.84 Å². The van der Waals surface area contributed by atoms with Gasteiger partial charge >= 0.3 is 5.97 Å². The molecule has 0 fully saturated rings. The first-order chi connectivity index (χ1) is 11.2. The first kappa shape index (κ1) is 20.1. The molecular formula is C15H22N2O6S. The average Bonchev–Trinajstić information content (AvgIpc) is 2.49. The van der Waals surface area contributed by atoms with Crippen LogP contribution < -0.4 is 10.0 Å². The van der Waals surface area contributed by atoms with Crippen LogP contribution in [0, 0.1) is 0 Å². The summed E-state index contributed by atoms with van der Waals surface area (Å²) in [7, 11) is -2.21. The lowest BCUT2D eigenvalue weighted by atomic mass is 10.1. The summed E-state index contributed by atoms with van der Waals surface area (Å²) in [5.74, 6) is -1.76. The van der Waals surface area contributed by atoms with Gasteiger partial charge in [-0.2, -0.15) is 0 Å². The van der Waals surface area contributed by atoms with E-state index >= 15 is 0 Å². The summed E-state index contributed by atoms with van der Waals surface area (Å²) < 4.78 is 31.3. The lowest BCUT2D eigenvalue weighted by Crippen LogP contribution is -2.41. The fourth-order valence-corrected chi connectivity index (χ4v) is 3.15. The maximum Gasteiger partial charge on any atom is 0.326 e. The number of amides is 1. The number of methoxy groups -OCH3 is 1. The van der Waals surface area contributed by atoms with Gasteiger partial charge in [0.15, 0.2) is 0 Å². The number of carboxylic acid groups (broad SMARTS) is 1. The van der Waals surface area contributed by atoms with Gasteiger partial charge in [-0.3, -0.25) is 4.79 Å². The molecule has 24 heavy (non-hydrogen) atoms. The molecule has 1 rings (SSSR count). The maximum absolute atomic E-state index is 12.1. The Hall–Kier alpha value is -1.97. The van der Waals surface area contributed by atoms with Gasteiger partial charge in [0.1, 0.15) is 6.04 Å². The third kappa shape index (κ3) is 5.91. The van der Waals surface area contributed by atoms with Gasteiger partial charge in [-0.25, -0.2) is 17.9 Å². The average molecular weight is 358 g/mol. The molecular weight excluding hydrogens is 336 g/mol. The molecule has 1 aromatic carbocycles. The Morgan fingerprint density at radius 1 is 1.21 bits per heavy atom. The molecule has 8 nitrogen and oxygen atoms in total. The first-order valence-corrected chi connectivity index (χ1v) is 8.80. The molecule has 0 aliphatic heterocycles. The second-order valence-electron chi connectivity index (χ2n) is 5.45. The highest BCUT2D eigenvalue weighted by atomic mass is 32.2. The van der Waals surface area contributed by atoms with Crippen LogP contribution in [0.2, 0.25) is 0 Å². The topological polar surface area (TPSA) is 122 Å². The zero-order valence-corrected chi connectivity index (χ0v) is 14.6. The number of sulfonamides is 1. The number of carbonyl (C=O) groups is 2. The van der Waals surface area contributed by atoms with E-state index < -0.39 is 27.9 Å². The minimum Gasteiger partial charge on any atom is -0.480 e. The van der Waals surface area contributed by atoms with Crippen molar-refractivity contribution in [2.24, 2.45) is 0 Å². The molecule has 0 aromatic heterocycles. The molecule has 9 heteroatoms. The van der Waals surface area contributed by atoms with Gasteiger partial charge in [0, 0.05) is 31.7 Å². The van der Waals surface area contributed by atoms with Gasteiger partial charge in [0.2, 0.25) is 10.0 Å². The Morgan fingerprint density at radius 3 is 2.25 bits per heavy atom. The molecule has 0 radical (unpaired) electrons. The Bertz CT molecular complexity index is 670. The van der Waals surface area contributed by atoms with Crippen molar-refractivity contribution >= 4 is 21.9 Å². The standard InChI is InChI=1S/C15H22N2O6S/c1-10(2)17-24(21,22)12-6-4-11(5-7-12)14(18)16-13(15(19)20)8-9-23-3/h4-7,10,13,17H,8-9H2,1-3H3,(H,16,18)(H,19,20). The Balaban J connectivity index is 2.84. The molecule has 0 aliphatic carbocycles. The molecule has 0 saturated heterocycles. The van der Waals surface area contributed by atoms with Crippen molar-refractivity contribution < 1.29 is 27.9 Å². The zero-order valence-electron chi connectivity index (χ0n) is 13.8. The number of hydrogen-bond acceptors (Lipinski definition) is 5. The predicted octanol–water partition coefficient (Wildman–Crippen LogP) is 0.593. The van der Waals surface area contributed by atoms with Crippen LogP contribution in [0.4, 0.5) is 0 Å². The first-order valence-electron chi connectivity index (χ1n) is 7.32. The fraction of sp³-hybridized carbons (Fsp3) is 0.467. The largest absolute Gasteiger partial charge is 0.480 e. The van der Waals surface area contributed by atoms with Crippen LogP contribution in [-0.4, -0.2) is 51.2 Å². The van der Waals surface area contributed by atoms with E-state index in [9.17, 15) is 18.0 Å². The maximum atomic E-state index is 12.1. The molecule has 1 amide bonds. The van der Waals surface area contributed by atoms with Gasteiger partial charge < -0.3 is 15.2 Å². The summed E-state index contributed by atoms with van der Waals surface area (Å²) in [6.07, 6.45) is 0.127. The van der Waals surface area contributed by atoms with Crippen LogP contribution in [0.25, 0.3) is 0 Å². The summed E-state index contributed by atoms with van der Waals surface area (Å²) in [6.45, 7) is 3.59. The highest BCUT2D eigenvalue weighted by Gasteiger charge is 2.21. The van der Waals surface area contributed by atoms with Gasteiger partial charge in [-0.05, 0) is 38.1 Å². The molecule has 3 N–H and O–H groups in total. The molecule has 0 saturated carbocycles. The summed E-state index contributed by atoms with van der Waals surface area (Å²) in [5, 5.41) is 11.4. The molecule has 0 bridgehead atoms. The molecule has 0 heterocycles.